The average molecular weight is 343 g/mol. The number of benzene rings is 3. The number of hydrogen-bond acceptors (Lipinski definition) is 2. The van der Waals surface area contributed by atoms with Gasteiger partial charge < -0.3 is 5.11 Å². The summed E-state index contributed by atoms with van der Waals surface area (Å²) in [7, 11) is 0. The third-order valence-corrected chi connectivity index (χ3v) is 5.10. The maximum Gasteiger partial charge on any atom is 0.317 e. The minimum absolute atomic E-state index is 0.476. The first kappa shape index (κ1) is 15.9. The number of aliphatic carboxylic acids is 1. The normalized spacial score (nSPS) is 12.2. The van der Waals surface area contributed by atoms with E-state index in [-0.39, 0.29) is 0 Å². The summed E-state index contributed by atoms with van der Waals surface area (Å²) in [4.78, 5) is 12.6. The van der Waals surface area contributed by atoms with Crippen molar-refractivity contribution in [1.29, 1.82) is 0 Å². The number of halogens is 1. The summed E-state index contributed by atoms with van der Waals surface area (Å²) in [5.74, 6) is -0.808. The molecule has 3 rings (SSSR count). The second kappa shape index (κ2) is 7.07. The van der Waals surface area contributed by atoms with Crippen molar-refractivity contribution in [2.24, 2.45) is 0 Å². The van der Waals surface area contributed by atoms with Gasteiger partial charge in [0.15, 0.2) is 0 Å². The summed E-state index contributed by atoms with van der Waals surface area (Å²) in [6.45, 7) is 0. The van der Waals surface area contributed by atoms with Gasteiger partial charge in [-0.25, -0.2) is 0 Å². The summed E-state index contributed by atoms with van der Waals surface area (Å²) >= 11 is 7.23. The first-order chi connectivity index (χ1) is 11.1. The molecule has 0 unspecified atom stereocenters. The molecule has 0 aliphatic carbocycles. The molecular formula is C19H15ClO2S. The number of carboxylic acids is 1. The smallest absolute Gasteiger partial charge is 0.317 e. The molecule has 0 fully saturated rings. The molecule has 0 aliphatic rings. The molecule has 1 atom stereocenters. The molecule has 0 saturated carbocycles. The Morgan fingerprint density at radius 3 is 2.43 bits per heavy atom. The molecule has 0 heterocycles. The summed E-state index contributed by atoms with van der Waals surface area (Å²) in [6.07, 6.45) is 0.476. The standard InChI is InChI=1S/C19H15ClO2S/c20-15-8-10-16(11-9-15)23-18(19(21)22)12-14-6-3-5-13-4-1-2-7-17(13)14/h1-11,18H,12H2,(H,21,22)/t18-/m0/s1. The average Bonchev–Trinajstić information content (AvgIpc) is 2.56. The molecule has 3 aromatic carbocycles. The topological polar surface area (TPSA) is 37.3 Å². The quantitative estimate of drug-likeness (QED) is 0.641. The first-order valence-electron chi connectivity index (χ1n) is 7.25. The highest BCUT2D eigenvalue weighted by atomic mass is 35.5. The van der Waals surface area contributed by atoms with E-state index in [0.29, 0.717) is 11.4 Å². The zero-order valence-electron chi connectivity index (χ0n) is 12.3. The van der Waals surface area contributed by atoms with Crippen LogP contribution in [0.15, 0.2) is 71.6 Å². The molecule has 0 amide bonds. The lowest BCUT2D eigenvalue weighted by atomic mass is 10.0. The van der Waals surface area contributed by atoms with Crippen molar-refractivity contribution in [1.82, 2.24) is 0 Å². The Morgan fingerprint density at radius 1 is 1.00 bits per heavy atom. The molecule has 0 saturated heterocycles. The van der Waals surface area contributed by atoms with Gasteiger partial charge in [0.2, 0.25) is 0 Å². The van der Waals surface area contributed by atoms with Crippen LogP contribution in [0.3, 0.4) is 0 Å². The lowest BCUT2D eigenvalue weighted by Crippen LogP contribution is -2.19. The fraction of sp³-hybridized carbons (Fsp3) is 0.105. The fourth-order valence-electron chi connectivity index (χ4n) is 2.53. The number of fused-ring (bicyclic) bond motifs is 1. The second-order valence-electron chi connectivity index (χ2n) is 5.24. The predicted molar refractivity (Wildman–Crippen MR) is 96.4 cm³/mol. The first-order valence-corrected chi connectivity index (χ1v) is 8.51. The Hall–Kier alpha value is -1.97. The minimum atomic E-state index is -0.808. The number of thioether (sulfide) groups is 1. The van der Waals surface area contributed by atoms with Gasteiger partial charge in [0.05, 0.1) is 0 Å². The lowest BCUT2D eigenvalue weighted by Gasteiger charge is -2.14. The van der Waals surface area contributed by atoms with Crippen molar-refractivity contribution in [3.63, 3.8) is 0 Å². The van der Waals surface area contributed by atoms with E-state index in [2.05, 4.69) is 0 Å². The predicted octanol–water partition coefficient (Wildman–Crippen LogP) is 5.28. The van der Waals surface area contributed by atoms with Gasteiger partial charge in [0, 0.05) is 9.92 Å². The van der Waals surface area contributed by atoms with Gasteiger partial charge in [-0.05, 0) is 47.0 Å². The van der Waals surface area contributed by atoms with Crippen molar-refractivity contribution >= 4 is 40.1 Å². The molecule has 0 bridgehead atoms. The summed E-state index contributed by atoms with van der Waals surface area (Å²) < 4.78 is 0. The Morgan fingerprint density at radius 2 is 1.70 bits per heavy atom. The monoisotopic (exact) mass is 342 g/mol. The van der Waals surface area contributed by atoms with Gasteiger partial charge in [-0.1, -0.05) is 54.1 Å². The van der Waals surface area contributed by atoms with Crippen molar-refractivity contribution < 1.29 is 9.90 Å². The summed E-state index contributed by atoms with van der Waals surface area (Å²) in [5.41, 5.74) is 1.05. The Kier molecular flexibility index (Phi) is 4.89. The third-order valence-electron chi connectivity index (χ3n) is 3.65. The van der Waals surface area contributed by atoms with Gasteiger partial charge >= 0.3 is 5.97 Å². The highest BCUT2D eigenvalue weighted by Gasteiger charge is 2.20. The second-order valence-corrected chi connectivity index (χ2v) is 6.95. The minimum Gasteiger partial charge on any atom is -0.480 e. The molecule has 0 radical (unpaired) electrons. The molecule has 0 aliphatic heterocycles. The fourth-order valence-corrected chi connectivity index (χ4v) is 3.64. The van der Waals surface area contributed by atoms with E-state index >= 15 is 0 Å². The van der Waals surface area contributed by atoms with E-state index in [1.807, 2.05) is 54.6 Å². The van der Waals surface area contributed by atoms with Crippen LogP contribution in [-0.2, 0) is 11.2 Å². The van der Waals surface area contributed by atoms with Crippen LogP contribution in [0.5, 0.6) is 0 Å². The SMILES string of the molecule is O=C(O)[C@H](Cc1cccc2ccccc12)Sc1ccc(Cl)cc1. The van der Waals surface area contributed by atoms with Crippen LogP contribution in [0, 0.1) is 0 Å². The van der Waals surface area contributed by atoms with Crippen molar-refractivity contribution in [3.8, 4) is 0 Å². The molecule has 23 heavy (non-hydrogen) atoms. The lowest BCUT2D eigenvalue weighted by molar-refractivity contribution is -0.136. The van der Waals surface area contributed by atoms with Crippen LogP contribution in [-0.4, -0.2) is 16.3 Å². The van der Waals surface area contributed by atoms with Gasteiger partial charge in [-0.2, -0.15) is 0 Å². The molecule has 3 aromatic rings. The zero-order valence-corrected chi connectivity index (χ0v) is 13.8. The molecule has 0 aromatic heterocycles. The van der Waals surface area contributed by atoms with E-state index in [9.17, 15) is 9.90 Å². The van der Waals surface area contributed by atoms with Crippen LogP contribution in [0.25, 0.3) is 10.8 Å². The number of hydrogen-bond donors (Lipinski definition) is 1. The van der Waals surface area contributed by atoms with Crippen molar-refractivity contribution in [2.45, 2.75) is 16.6 Å². The van der Waals surface area contributed by atoms with Crippen LogP contribution >= 0.6 is 23.4 Å². The maximum atomic E-state index is 11.7. The van der Waals surface area contributed by atoms with E-state index in [1.165, 1.54) is 11.8 Å². The highest BCUT2D eigenvalue weighted by molar-refractivity contribution is 8.00. The molecule has 2 nitrogen and oxygen atoms in total. The van der Waals surface area contributed by atoms with Crippen LogP contribution in [0.4, 0.5) is 0 Å². The number of carboxylic acid groups (broad SMARTS) is 1. The highest BCUT2D eigenvalue weighted by Crippen LogP contribution is 2.29. The Balaban J connectivity index is 1.87. The Bertz CT molecular complexity index is 825. The van der Waals surface area contributed by atoms with Gasteiger partial charge in [0.1, 0.15) is 5.25 Å². The number of rotatable bonds is 5. The molecule has 116 valence electrons. The molecule has 4 heteroatoms. The zero-order chi connectivity index (χ0) is 16.2. The van der Waals surface area contributed by atoms with E-state index < -0.39 is 11.2 Å². The van der Waals surface area contributed by atoms with E-state index in [4.69, 9.17) is 11.6 Å². The van der Waals surface area contributed by atoms with Crippen molar-refractivity contribution in [2.75, 3.05) is 0 Å². The van der Waals surface area contributed by atoms with Gasteiger partial charge in [0.25, 0.3) is 0 Å². The van der Waals surface area contributed by atoms with Crippen LogP contribution in [0.1, 0.15) is 5.56 Å². The summed E-state index contributed by atoms with van der Waals surface area (Å²) in [6, 6.07) is 21.3. The van der Waals surface area contributed by atoms with Gasteiger partial charge in [-0.15, -0.1) is 11.8 Å². The Labute approximate surface area is 144 Å². The third kappa shape index (κ3) is 3.87. The summed E-state index contributed by atoms with van der Waals surface area (Å²) in [5, 5.41) is 11.9. The van der Waals surface area contributed by atoms with Crippen LogP contribution < -0.4 is 0 Å². The maximum absolute atomic E-state index is 11.7. The molecular weight excluding hydrogens is 328 g/mol. The van der Waals surface area contributed by atoms with E-state index in [1.54, 1.807) is 12.1 Å². The van der Waals surface area contributed by atoms with Crippen molar-refractivity contribution in [3.05, 3.63) is 77.3 Å². The van der Waals surface area contributed by atoms with Gasteiger partial charge in [-0.3, -0.25) is 4.79 Å². The molecule has 1 N–H and O–H groups in total. The largest absolute Gasteiger partial charge is 0.480 e. The van der Waals surface area contributed by atoms with E-state index in [0.717, 1.165) is 21.2 Å². The van der Waals surface area contributed by atoms with Crippen LogP contribution in [0.2, 0.25) is 5.02 Å². The number of carbonyl (C=O) groups is 1. The molecule has 0 spiro atoms.